The van der Waals surface area contributed by atoms with Gasteiger partial charge in [-0.15, -0.1) is 11.3 Å². The van der Waals surface area contributed by atoms with Crippen LogP contribution in [-0.2, 0) is 12.0 Å². The van der Waals surface area contributed by atoms with E-state index < -0.39 is 0 Å². The summed E-state index contributed by atoms with van der Waals surface area (Å²) >= 11 is 1.76. The molecule has 2 heterocycles. The normalized spacial score (nSPS) is 17.1. The average molecular weight is 343 g/mol. The van der Waals surface area contributed by atoms with E-state index in [1.54, 1.807) is 11.3 Å². The highest BCUT2D eigenvalue weighted by Crippen LogP contribution is 2.27. The number of piperidine rings is 1. The van der Waals surface area contributed by atoms with E-state index in [0.717, 1.165) is 43.7 Å². The molecule has 1 fully saturated rings. The second-order valence-electron chi connectivity index (χ2n) is 7.67. The van der Waals surface area contributed by atoms with Gasteiger partial charge in [-0.2, -0.15) is 0 Å². The van der Waals surface area contributed by atoms with Crippen molar-refractivity contribution >= 4 is 17.1 Å². The molecule has 24 heavy (non-hydrogen) atoms. The first-order valence-corrected chi connectivity index (χ1v) is 9.58. The Morgan fingerprint density at radius 3 is 2.46 bits per heavy atom. The molecule has 1 aromatic carbocycles. The standard InChI is InChI=1S/C20H26N2OS/c1-20(2,3)19-21-17(14-24-19)13-22-11-9-16(10-12-22)18(23)15-7-5-4-6-8-15/h4-8,14,16H,9-13H2,1-3H3. The summed E-state index contributed by atoms with van der Waals surface area (Å²) in [5.41, 5.74) is 2.14. The van der Waals surface area contributed by atoms with Crippen LogP contribution in [0.1, 0.15) is 54.7 Å². The second kappa shape index (κ2) is 7.16. The van der Waals surface area contributed by atoms with Crippen LogP contribution in [0, 0.1) is 5.92 Å². The van der Waals surface area contributed by atoms with Crippen LogP contribution in [0.15, 0.2) is 35.7 Å². The van der Waals surface area contributed by atoms with Crippen molar-refractivity contribution in [3.63, 3.8) is 0 Å². The summed E-state index contributed by atoms with van der Waals surface area (Å²) in [5, 5.41) is 3.38. The lowest BCUT2D eigenvalue weighted by molar-refractivity contribution is 0.0834. The molecule has 2 aromatic rings. The fourth-order valence-corrected chi connectivity index (χ4v) is 4.04. The summed E-state index contributed by atoms with van der Waals surface area (Å²) in [6.45, 7) is 9.47. The van der Waals surface area contributed by atoms with Crippen LogP contribution in [0.3, 0.4) is 0 Å². The Balaban J connectivity index is 1.54. The number of thiazole rings is 1. The van der Waals surface area contributed by atoms with Crippen molar-refractivity contribution in [3.05, 3.63) is 52.0 Å². The molecule has 0 spiro atoms. The Morgan fingerprint density at radius 2 is 1.88 bits per heavy atom. The number of aromatic nitrogens is 1. The Bertz CT molecular complexity index is 679. The average Bonchev–Trinajstić information content (AvgIpc) is 3.05. The molecule has 0 bridgehead atoms. The third kappa shape index (κ3) is 4.11. The van der Waals surface area contributed by atoms with Gasteiger partial charge < -0.3 is 0 Å². The van der Waals surface area contributed by atoms with Gasteiger partial charge in [-0.3, -0.25) is 9.69 Å². The van der Waals surface area contributed by atoms with Gasteiger partial charge in [0.2, 0.25) is 0 Å². The first-order chi connectivity index (χ1) is 11.4. The molecule has 1 saturated heterocycles. The lowest BCUT2D eigenvalue weighted by Gasteiger charge is -2.30. The molecule has 0 N–H and O–H groups in total. The summed E-state index contributed by atoms with van der Waals surface area (Å²) in [5.74, 6) is 0.475. The van der Waals surface area contributed by atoms with E-state index in [9.17, 15) is 4.79 Å². The van der Waals surface area contributed by atoms with Crippen molar-refractivity contribution in [2.75, 3.05) is 13.1 Å². The maximum atomic E-state index is 12.5. The number of hydrogen-bond acceptors (Lipinski definition) is 4. The van der Waals surface area contributed by atoms with Gasteiger partial charge in [-0.25, -0.2) is 4.98 Å². The molecule has 0 unspecified atom stereocenters. The van der Waals surface area contributed by atoms with Crippen molar-refractivity contribution in [3.8, 4) is 0 Å². The molecule has 4 heteroatoms. The minimum atomic E-state index is 0.123. The fraction of sp³-hybridized carbons (Fsp3) is 0.500. The SMILES string of the molecule is CC(C)(C)c1nc(CN2CCC(C(=O)c3ccccc3)CC2)cs1. The number of likely N-dealkylation sites (tertiary alicyclic amines) is 1. The molecule has 0 atom stereocenters. The zero-order valence-electron chi connectivity index (χ0n) is 14.8. The highest BCUT2D eigenvalue weighted by Gasteiger charge is 2.26. The second-order valence-corrected chi connectivity index (χ2v) is 8.53. The molecule has 0 aliphatic carbocycles. The zero-order valence-corrected chi connectivity index (χ0v) is 15.6. The van der Waals surface area contributed by atoms with Crippen molar-refractivity contribution in [1.82, 2.24) is 9.88 Å². The van der Waals surface area contributed by atoms with Crippen LogP contribution < -0.4 is 0 Å². The first kappa shape index (κ1) is 17.3. The van der Waals surface area contributed by atoms with E-state index in [0.29, 0.717) is 5.78 Å². The van der Waals surface area contributed by atoms with Crippen molar-refractivity contribution in [2.24, 2.45) is 5.92 Å². The lowest BCUT2D eigenvalue weighted by Crippen LogP contribution is -2.36. The first-order valence-electron chi connectivity index (χ1n) is 8.70. The fourth-order valence-electron chi connectivity index (χ4n) is 3.14. The third-order valence-electron chi connectivity index (χ3n) is 4.60. The third-order valence-corrected chi connectivity index (χ3v) is 5.91. The number of carbonyl (C=O) groups is 1. The van der Waals surface area contributed by atoms with Crippen LogP contribution in [0.5, 0.6) is 0 Å². The summed E-state index contributed by atoms with van der Waals surface area (Å²) in [6, 6.07) is 9.70. The number of rotatable bonds is 4. The molecule has 1 aliphatic rings. The Morgan fingerprint density at radius 1 is 1.21 bits per heavy atom. The Hall–Kier alpha value is -1.52. The van der Waals surface area contributed by atoms with Gasteiger partial charge >= 0.3 is 0 Å². The predicted molar refractivity (Wildman–Crippen MR) is 99.6 cm³/mol. The van der Waals surface area contributed by atoms with Crippen molar-refractivity contribution in [2.45, 2.75) is 45.6 Å². The van der Waals surface area contributed by atoms with E-state index in [2.05, 4.69) is 31.1 Å². The predicted octanol–water partition coefficient (Wildman–Crippen LogP) is 4.54. The zero-order chi connectivity index (χ0) is 17.2. The number of Topliss-reactive ketones (excluding diaryl/α,β-unsaturated/α-hetero) is 1. The van der Waals surface area contributed by atoms with Crippen LogP contribution in [-0.4, -0.2) is 28.8 Å². The molecule has 3 rings (SSSR count). The molecule has 0 amide bonds. The van der Waals surface area contributed by atoms with Crippen LogP contribution in [0.4, 0.5) is 0 Å². The minimum Gasteiger partial charge on any atom is -0.297 e. The van der Waals surface area contributed by atoms with Gasteiger partial charge in [0.15, 0.2) is 5.78 Å². The summed E-state index contributed by atoms with van der Waals surface area (Å²) in [4.78, 5) is 19.8. The monoisotopic (exact) mass is 342 g/mol. The summed E-state index contributed by atoms with van der Waals surface area (Å²) in [7, 11) is 0. The molecule has 1 aliphatic heterocycles. The lowest BCUT2D eigenvalue weighted by atomic mass is 9.89. The maximum absolute atomic E-state index is 12.5. The number of benzene rings is 1. The largest absolute Gasteiger partial charge is 0.297 e. The number of hydrogen-bond donors (Lipinski definition) is 0. The molecule has 0 saturated carbocycles. The van der Waals surface area contributed by atoms with E-state index in [4.69, 9.17) is 4.98 Å². The van der Waals surface area contributed by atoms with Crippen molar-refractivity contribution < 1.29 is 4.79 Å². The van der Waals surface area contributed by atoms with E-state index >= 15 is 0 Å². The quantitative estimate of drug-likeness (QED) is 0.765. The molecular weight excluding hydrogens is 316 g/mol. The number of ketones is 1. The maximum Gasteiger partial charge on any atom is 0.166 e. The molecule has 0 radical (unpaired) electrons. The highest BCUT2D eigenvalue weighted by molar-refractivity contribution is 7.09. The molecule has 1 aromatic heterocycles. The number of carbonyl (C=O) groups excluding carboxylic acids is 1. The van der Waals surface area contributed by atoms with Crippen LogP contribution in [0.2, 0.25) is 0 Å². The summed E-state index contributed by atoms with van der Waals surface area (Å²) < 4.78 is 0. The molecular formula is C20H26N2OS. The van der Waals surface area contributed by atoms with E-state index in [1.165, 1.54) is 5.01 Å². The van der Waals surface area contributed by atoms with E-state index in [1.807, 2.05) is 30.3 Å². The summed E-state index contributed by atoms with van der Waals surface area (Å²) in [6.07, 6.45) is 1.90. The smallest absolute Gasteiger partial charge is 0.166 e. The van der Waals surface area contributed by atoms with Gasteiger partial charge in [0.1, 0.15) is 0 Å². The van der Waals surface area contributed by atoms with Gasteiger partial charge in [0, 0.05) is 28.8 Å². The minimum absolute atomic E-state index is 0.123. The Kier molecular flexibility index (Phi) is 5.16. The van der Waals surface area contributed by atoms with Crippen LogP contribution >= 0.6 is 11.3 Å². The van der Waals surface area contributed by atoms with Gasteiger partial charge in [0.05, 0.1) is 10.7 Å². The van der Waals surface area contributed by atoms with Gasteiger partial charge in [0.25, 0.3) is 0 Å². The Labute approximate surface area is 148 Å². The molecule has 128 valence electrons. The number of nitrogens with zero attached hydrogens (tertiary/aromatic N) is 2. The molecule has 3 nitrogen and oxygen atoms in total. The highest BCUT2D eigenvalue weighted by atomic mass is 32.1. The topological polar surface area (TPSA) is 33.2 Å². The van der Waals surface area contributed by atoms with Gasteiger partial charge in [-0.05, 0) is 25.9 Å². The van der Waals surface area contributed by atoms with Gasteiger partial charge in [-0.1, -0.05) is 51.1 Å². The van der Waals surface area contributed by atoms with Crippen molar-refractivity contribution in [1.29, 1.82) is 0 Å². The van der Waals surface area contributed by atoms with E-state index in [-0.39, 0.29) is 11.3 Å². The van der Waals surface area contributed by atoms with Crippen LogP contribution in [0.25, 0.3) is 0 Å².